The Morgan fingerprint density at radius 1 is 1.18 bits per heavy atom. The molecule has 0 fully saturated rings. The van der Waals surface area contributed by atoms with Gasteiger partial charge in [-0.3, -0.25) is 0 Å². The molecule has 0 amide bonds. The van der Waals surface area contributed by atoms with E-state index in [1.54, 1.807) is 0 Å². The van der Waals surface area contributed by atoms with Gasteiger partial charge < -0.3 is 0 Å². The summed E-state index contributed by atoms with van der Waals surface area (Å²) in [5.74, 6) is 0. The largest absolute Gasteiger partial charge is 0.403 e. The maximum Gasteiger partial charge on any atom is 0.403 e. The van der Waals surface area contributed by atoms with E-state index in [0.29, 0.717) is 6.61 Å². The minimum Gasteiger partial charge on any atom is -0.193 e. The molecule has 0 bridgehead atoms. The molecule has 0 aliphatic heterocycles. The van der Waals surface area contributed by atoms with Crippen molar-refractivity contribution in [1.29, 1.82) is 0 Å². The molecule has 0 unspecified atom stereocenters. The van der Waals surface area contributed by atoms with Crippen molar-refractivity contribution in [1.82, 2.24) is 0 Å². The Morgan fingerprint density at radius 3 is 2.27 bits per heavy atom. The smallest absolute Gasteiger partial charge is 0.193 e. The first-order chi connectivity index (χ1) is 5.06. The minimum atomic E-state index is -2.96. The van der Waals surface area contributed by atoms with Gasteiger partial charge in [0.1, 0.15) is 6.66 Å². The van der Waals surface area contributed by atoms with Crippen LogP contribution in [0.1, 0.15) is 32.6 Å². The van der Waals surface area contributed by atoms with Gasteiger partial charge in [-0.2, -0.15) is 14.3 Å². The van der Waals surface area contributed by atoms with Crippen LogP contribution in [0.4, 0.5) is 0 Å². The van der Waals surface area contributed by atoms with Gasteiger partial charge in [0.25, 0.3) is 0 Å². The molecule has 0 aromatic carbocycles. The Labute approximate surface area is 69.0 Å². The summed E-state index contributed by atoms with van der Waals surface area (Å²) in [6.07, 6.45) is 4.40. The van der Waals surface area contributed by atoms with Crippen LogP contribution in [0.25, 0.3) is 0 Å². The maximum atomic E-state index is 8.82. The van der Waals surface area contributed by atoms with Crippen molar-refractivity contribution in [2.75, 3.05) is 13.3 Å². The highest BCUT2D eigenvalue weighted by atomic mass is 31.2. The predicted molar refractivity (Wildman–Crippen MR) is 47.4 cm³/mol. The highest BCUT2D eigenvalue weighted by molar-refractivity contribution is 7.58. The second-order valence-corrected chi connectivity index (χ2v) is 4.66. The van der Waals surface area contributed by atoms with Gasteiger partial charge >= 0.3 is 7.94 Å². The Balaban J connectivity index is 3.02. The zero-order valence-electron chi connectivity index (χ0n) is 7.29. The van der Waals surface area contributed by atoms with Crippen molar-refractivity contribution < 1.29 is 14.3 Å². The molecule has 0 aliphatic rings. The molecule has 0 aromatic rings. The summed E-state index contributed by atoms with van der Waals surface area (Å²) < 4.78 is 4.80. The van der Waals surface area contributed by atoms with E-state index in [0.717, 1.165) is 12.8 Å². The summed E-state index contributed by atoms with van der Waals surface area (Å²) in [5, 5.41) is 0. The number of rotatable bonds is 6. The fourth-order valence-corrected chi connectivity index (χ4v) is 1.24. The van der Waals surface area contributed by atoms with E-state index in [2.05, 4.69) is 6.92 Å². The topological polar surface area (TPSA) is 49.7 Å². The van der Waals surface area contributed by atoms with Crippen molar-refractivity contribution in [3.05, 3.63) is 0 Å². The first kappa shape index (κ1) is 11.3. The van der Waals surface area contributed by atoms with Crippen LogP contribution in [0.3, 0.4) is 0 Å². The molecule has 68 valence electrons. The second kappa shape index (κ2) is 5.90. The van der Waals surface area contributed by atoms with Gasteiger partial charge in [0.05, 0.1) is 6.61 Å². The van der Waals surface area contributed by atoms with Crippen LogP contribution in [0, 0.1) is 0 Å². The predicted octanol–water partition coefficient (Wildman–Crippen LogP) is 1.96. The van der Waals surface area contributed by atoms with Crippen molar-refractivity contribution in [2.45, 2.75) is 32.6 Å². The monoisotopic (exact) mass is 181 g/mol. The van der Waals surface area contributed by atoms with E-state index in [-0.39, 0.29) is 0 Å². The lowest BCUT2D eigenvalue weighted by atomic mass is 10.2. The van der Waals surface area contributed by atoms with Crippen molar-refractivity contribution in [2.24, 2.45) is 0 Å². The minimum absolute atomic E-state index is 0.470. The van der Waals surface area contributed by atoms with Crippen molar-refractivity contribution >= 4 is 7.94 Å². The van der Waals surface area contributed by atoms with Gasteiger partial charge in [0.2, 0.25) is 0 Å². The van der Waals surface area contributed by atoms with E-state index < -0.39 is 7.94 Å². The molecule has 2 N–H and O–H groups in total. The van der Waals surface area contributed by atoms with E-state index in [1.807, 2.05) is 0 Å². The van der Waals surface area contributed by atoms with E-state index in [1.165, 1.54) is 19.5 Å². The third kappa shape index (κ3) is 10.3. The summed E-state index contributed by atoms with van der Waals surface area (Å²) in [5.41, 5.74) is 0. The van der Waals surface area contributed by atoms with E-state index in [9.17, 15) is 0 Å². The van der Waals surface area contributed by atoms with E-state index >= 15 is 0 Å². The molecule has 0 aromatic heterocycles. The molecule has 11 heavy (non-hydrogen) atoms. The summed E-state index contributed by atoms with van der Waals surface area (Å²) in [6.45, 7) is 3.93. The third-order valence-electron chi connectivity index (χ3n) is 1.33. The van der Waals surface area contributed by atoms with Crippen LogP contribution < -0.4 is 0 Å². The van der Waals surface area contributed by atoms with Crippen LogP contribution in [-0.4, -0.2) is 23.1 Å². The Morgan fingerprint density at radius 2 is 1.82 bits per heavy atom. The van der Waals surface area contributed by atoms with Gasteiger partial charge in [-0.15, -0.1) is 0 Å². The Kier molecular flexibility index (Phi) is 6.06. The zero-order valence-corrected chi connectivity index (χ0v) is 8.18. The number of hydrogen-bond donors (Lipinski definition) is 2. The lowest BCUT2D eigenvalue weighted by molar-refractivity contribution is 0.229. The number of unbranched alkanes of at least 4 members (excludes halogenated alkanes) is 3. The molecule has 0 rings (SSSR count). The average molecular weight is 181 g/mol. The lowest BCUT2D eigenvalue weighted by Gasteiger charge is -2.04. The molecule has 0 saturated carbocycles. The van der Waals surface area contributed by atoms with Crippen LogP contribution in [0.15, 0.2) is 0 Å². The van der Waals surface area contributed by atoms with Crippen LogP contribution in [0.5, 0.6) is 0 Å². The second-order valence-electron chi connectivity index (χ2n) is 2.73. The Bertz CT molecular complexity index is 90.2. The van der Waals surface area contributed by atoms with Crippen LogP contribution in [0.2, 0.25) is 0 Å². The summed E-state index contributed by atoms with van der Waals surface area (Å²) in [7, 11) is -2.96. The van der Waals surface area contributed by atoms with Gasteiger partial charge in [0.15, 0.2) is 0 Å². The summed E-state index contributed by atoms with van der Waals surface area (Å²) in [6, 6.07) is 0. The first-order valence-electron chi connectivity index (χ1n) is 4.03. The van der Waals surface area contributed by atoms with Crippen molar-refractivity contribution in [3.8, 4) is 0 Å². The fourth-order valence-electron chi connectivity index (χ4n) is 0.766. The lowest BCUT2D eigenvalue weighted by Crippen LogP contribution is -1.96. The highest BCUT2D eigenvalue weighted by Gasteiger charge is 2.25. The molecule has 0 atom stereocenters. The van der Waals surface area contributed by atoms with Gasteiger partial charge in [0, 0.05) is 0 Å². The normalized spacial score (nSPS) is 12.0. The maximum absolute atomic E-state index is 8.82. The van der Waals surface area contributed by atoms with Gasteiger partial charge in [-0.1, -0.05) is 26.2 Å². The third-order valence-corrected chi connectivity index (χ3v) is 2.01. The van der Waals surface area contributed by atoms with Gasteiger partial charge in [-0.25, -0.2) is 0 Å². The fraction of sp³-hybridized carbons (Fsp3) is 1.00. The average Bonchev–Trinajstić information content (AvgIpc) is 1.85. The molecule has 4 heteroatoms. The molecule has 0 aliphatic carbocycles. The summed E-state index contributed by atoms with van der Waals surface area (Å²) >= 11 is 0. The highest BCUT2D eigenvalue weighted by Crippen LogP contribution is 2.46. The SMILES string of the molecule is CCCCCCO[P+](C)(O)O. The molecular weight excluding hydrogens is 163 g/mol. The van der Waals surface area contributed by atoms with Crippen LogP contribution >= 0.6 is 7.94 Å². The standard InChI is InChI=1S/C7H18O3P/c1-3-4-5-6-7-10-11(2,8)9/h8-9H,3-7H2,1-2H3/q+1. The summed E-state index contributed by atoms with van der Waals surface area (Å²) in [4.78, 5) is 17.6. The molecule has 0 radical (unpaired) electrons. The zero-order chi connectivity index (χ0) is 8.74. The molecule has 0 spiro atoms. The van der Waals surface area contributed by atoms with Crippen molar-refractivity contribution in [3.63, 3.8) is 0 Å². The number of hydrogen-bond acceptors (Lipinski definition) is 3. The Hall–Kier alpha value is 0.310. The van der Waals surface area contributed by atoms with Crippen LogP contribution in [-0.2, 0) is 4.52 Å². The quantitative estimate of drug-likeness (QED) is 0.486. The van der Waals surface area contributed by atoms with E-state index in [4.69, 9.17) is 14.3 Å². The van der Waals surface area contributed by atoms with Gasteiger partial charge in [-0.05, 0) is 6.42 Å². The molecule has 3 nitrogen and oxygen atoms in total. The first-order valence-corrected chi connectivity index (χ1v) is 6.09. The molecule has 0 saturated heterocycles. The molecular formula is C7H18O3P+. The molecule has 0 heterocycles.